The van der Waals surface area contributed by atoms with Crippen LogP contribution in [0.1, 0.15) is 23.2 Å². The number of hydrogen-bond acceptors (Lipinski definition) is 5. The monoisotopic (exact) mass is 490 g/mol. The van der Waals surface area contributed by atoms with Crippen molar-refractivity contribution in [3.8, 4) is 0 Å². The molecule has 0 bridgehead atoms. The molecule has 2 saturated heterocycles. The number of hydrogen-bond donors (Lipinski definition) is 1. The van der Waals surface area contributed by atoms with E-state index in [1.165, 1.54) is 22.5 Å². The van der Waals surface area contributed by atoms with Crippen LogP contribution in [-0.2, 0) is 14.8 Å². The quantitative estimate of drug-likeness (QED) is 0.670. The van der Waals surface area contributed by atoms with Crippen molar-refractivity contribution < 1.29 is 18.0 Å². The first kappa shape index (κ1) is 23.5. The second-order valence-electron chi connectivity index (χ2n) is 8.14. The van der Waals surface area contributed by atoms with Crippen LogP contribution in [0.3, 0.4) is 0 Å². The predicted octanol–water partition coefficient (Wildman–Crippen LogP) is 2.20. The van der Waals surface area contributed by atoms with Crippen molar-refractivity contribution in [1.29, 1.82) is 0 Å². The smallest absolute Gasteiger partial charge is 0.253 e. The van der Waals surface area contributed by atoms with Crippen molar-refractivity contribution in [2.75, 3.05) is 50.7 Å². The Bertz CT molecular complexity index is 1110. The molecule has 2 fully saturated rings. The van der Waals surface area contributed by atoms with Crippen LogP contribution in [0.2, 0.25) is 5.02 Å². The van der Waals surface area contributed by atoms with E-state index in [-0.39, 0.29) is 27.9 Å². The Morgan fingerprint density at radius 2 is 1.58 bits per heavy atom. The minimum Gasteiger partial charge on any atom is -0.369 e. The first-order chi connectivity index (χ1) is 15.9. The third kappa shape index (κ3) is 5.31. The molecule has 2 aliphatic heterocycles. The Balaban J connectivity index is 1.42. The second kappa shape index (κ2) is 10.1. The second-order valence-corrected chi connectivity index (χ2v) is 10.5. The maximum absolute atomic E-state index is 13.2. The first-order valence-electron chi connectivity index (χ1n) is 11.0. The van der Waals surface area contributed by atoms with Crippen LogP contribution in [0.4, 0.5) is 5.69 Å². The average Bonchev–Trinajstić information content (AvgIpc) is 3.38. The number of sulfonamides is 1. The highest BCUT2D eigenvalue weighted by Gasteiger charge is 2.30. The van der Waals surface area contributed by atoms with Gasteiger partial charge in [-0.25, -0.2) is 8.42 Å². The lowest BCUT2D eigenvalue weighted by Crippen LogP contribution is -2.48. The van der Waals surface area contributed by atoms with E-state index in [0.717, 1.165) is 18.5 Å². The minimum absolute atomic E-state index is 0.0103. The molecule has 4 rings (SSSR count). The number of para-hydroxylation sites is 1. The van der Waals surface area contributed by atoms with Crippen LogP contribution in [0.15, 0.2) is 53.4 Å². The Morgan fingerprint density at radius 3 is 2.24 bits per heavy atom. The lowest BCUT2D eigenvalue weighted by molar-refractivity contribution is -0.129. The molecule has 0 saturated carbocycles. The summed E-state index contributed by atoms with van der Waals surface area (Å²) in [5.74, 6) is -0.726. The zero-order chi connectivity index (χ0) is 23.4. The fraction of sp³-hybridized carbons (Fsp3) is 0.391. The van der Waals surface area contributed by atoms with Crippen molar-refractivity contribution in [3.05, 3.63) is 59.1 Å². The topological polar surface area (TPSA) is 90.0 Å². The zero-order valence-electron chi connectivity index (χ0n) is 18.2. The van der Waals surface area contributed by atoms with E-state index in [0.29, 0.717) is 39.3 Å². The molecule has 0 radical (unpaired) electrons. The number of likely N-dealkylation sites (tertiary alicyclic amines) is 1. The summed E-state index contributed by atoms with van der Waals surface area (Å²) < 4.78 is 27.9. The van der Waals surface area contributed by atoms with E-state index in [1.807, 2.05) is 30.3 Å². The number of piperazine rings is 1. The molecule has 0 unspecified atom stereocenters. The van der Waals surface area contributed by atoms with Gasteiger partial charge in [-0.3, -0.25) is 9.59 Å². The van der Waals surface area contributed by atoms with Gasteiger partial charge in [0.1, 0.15) is 0 Å². The Kier molecular flexibility index (Phi) is 7.21. The third-order valence-corrected chi connectivity index (χ3v) is 8.26. The van der Waals surface area contributed by atoms with Gasteiger partial charge in [0.25, 0.3) is 5.91 Å². The van der Waals surface area contributed by atoms with Gasteiger partial charge in [0.15, 0.2) is 0 Å². The van der Waals surface area contributed by atoms with E-state index in [4.69, 9.17) is 11.6 Å². The van der Waals surface area contributed by atoms with Crippen molar-refractivity contribution in [2.45, 2.75) is 17.7 Å². The standard InChI is InChI=1S/C23H27ClN4O4S/c24-21-9-8-19(16-20(21)23(30)25-17-22(29)27-10-4-5-11-27)33(31,32)28-14-12-26(13-15-28)18-6-2-1-3-7-18/h1-3,6-9,16H,4-5,10-15,17H2,(H,25,30). The van der Waals surface area contributed by atoms with Crippen LogP contribution in [0.5, 0.6) is 0 Å². The maximum Gasteiger partial charge on any atom is 0.253 e. The van der Waals surface area contributed by atoms with E-state index >= 15 is 0 Å². The molecule has 33 heavy (non-hydrogen) atoms. The van der Waals surface area contributed by atoms with Crippen LogP contribution in [0.25, 0.3) is 0 Å². The summed E-state index contributed by atoms with van der Waals surface area (Å²) in [5.41, 5.74) is 1.10. The molecule has 2 amide bonds. The van der Waals surface area contributed by atoms with Crippen LogP contribution < -0.4 is 10.2 Å². The predicted molar refractivity (Wildman–Crippen MR) is 127 cm³/mol. The van der Waals surface area contributed by atoms with Crippen molar-refractivity contribution in [1.82, 2.24) is 14.5 Å². The number of amides is 2. The molecule has 0 atom stereocenters. The number of halogens is 1. The normalized spacial score (nSPS) is 17.2. The number of benzene rings is 2. The maximum atomic E-state index is 13.2. The van der Waals surface area contributed by atoms with Gasteiger partial charge in [0.2, 0.25) is 15.9 Å². The summed E-state index contributed by atoms with van der Waals surface area (Å²) in [5, 5.41) is 2.70. The molecule has 2 aromatic rings. The number of nitrogens with zero attached hydrogens (tertiary/aromatic N) is 3. The minimum atomic E-state index is -3.79. The number of rotatable bonds is 6. The number of nitrogens with one attached hydrogen (secondary N) is 1. The zero-order valence-corrected chi connectivity index (χ0v) is 19.8. The Morgan fingerprint density at radius 1 is 0.909 bits per heavy atom. The van der Waals surface area contributed by atoms with Gasteiger partial charge in [-0.05, 0) is 43.2 Å². The highest BCUT2D eigenvalue weighted by atomic mass is 35.5. The highest BCUT2D eigenvalue weighted by Crippen LogP contribution is 2.25. The van der Waals surface area contributed by atoms with Crippen molar-refractivity contribution >= 4 is 39.1 Å². The summed E-state index contributed by atoms with van der Waals surface area (Å²) in [6.45, 7) is 3.07. The third-order valence-electron chi connectivity index (χ3n) is 6.04. The summed E-state index contributed by atoms with van der Waals surface area (Å²) in [6.07, 6.45) is 1.93. The van der Waals surface area contributed by atoms with Gasteiger partial charge in [-0.1, -0.05) is 29.8 Å². The summed E-state index contributed by atoms with van der Waals surface area (Å²) in [7, 11) is -3.79. The molecular formula is C23H27ClN4O4S. The Hall–Kier alpha value is -2.62. The van der Waals surface area contributed by atoms with Gasteiger partial charge in [-0.15, -0.1) is 0 Å². The molecule has 2 aliphatic rings. The summed E-state index contributed by atoms with van der Waals surface area (Å²) in [4.78, 5) is 28.7. The van der Waals surface area contributed by atoms with Crippen LogP contribution in [-0.4, -0.2) is 75.3 Å². The van der Waals surface area contributed by atoms with Gasteiger partial charge in [-0.2, -0.15) is 4.31 Å². The molecule has 2 heterocycles. The van der Waals surface area contributed by atoms with Crippen molar-refractivity contribution in [3.63, 3.8) is 0 Å². The van der Waals surface area contributed by atoms with Gasteiger partial charge in [0, 0.05) is 45.0 Å². The van der Waals surface area contributed by atoms with Gasteiger partial charge >= 0.3 is 0 Å². The fourth-order valence-electron chi connectivity index (χ4n) is 4.14. The first-order valence-corrected chi connectivity index (χ1v) is 12.8. The van der Waals surface area contributed by atoms with E-state index < -0.39 is 15.9 Å². The highest BCUT2D eigenvalue weighted by molar-refractivity contribution is 7.89. The van der Waals surface area contributed by atoms with Crippen LogP contribution in [0, 0.1) is 0 Å². The number of carbonyl (C=O) groups excluding carboxylic acids is 2. The van der Waals surface area contributed by atoms with Gasteiger partial charge < -0.3 is 15.1 Å². The molecule has 0 spiro atoms. The molecule has 1 N–H and O–H groups in total. The lowest BCUT2D eigenvalue weighted by Gasteiger charge is -2.35. The van der Waals surface area contributed by atoms with Crippen molar-refractivity contribution in [2.24, 2.45) is 0 Å². The fourth-order valence-corrected chi connectivity index (χ4v) is 5.80. The van der Waals surface area contributed by atoms with E-state index in [1.54, 1.807) is 4.90 Å². The molecular weight excluding hydrogens is 464 g/mol. The number of carbonyl (C=O) groups is 2. The van der Waals surface area contributed by atoms with E-state index in [9.17, 15) is 18.0 Å². The van der Waals surface area contributed by atoms with Crippen LogP contribution >= 0.6 is 11.6 Å². The summed E-state index contributed by atoms with van der Waals surface area (Å²) in [6, 6.07) is 14.0. The SMILES string of the molecule is O=C(NCC(=O)N1CCCC1)c1cc(S(=O)(=O)N2CCN(c3ccccc3)CC2)ccc1Cl. The lowest BCUT2D eigenvalue weighted by atomic mass is 10.2. The summed E-state index contributed by atoms with van der Waals surface area (Å²) >= 11 is 6.19. The van der Waals surface area contributed by atoms with E-state index in [2.05, 4.69) is 10.2 Å². The molecule has 0 aliphatic carbocycles. The molecule has 0 aromatic heterocycles. The molecule has 10 heteroatoms. The number of anilines is 1. The molecule has 2 aromatic carbocycles. The largest absolute Gasteiger partial charge is 0.369 e. The average molecular weight is 491 g/mol. The van der Waals surface area contributed by atoms with Gasteiger partial charge in [0.05, 0.1) is 22.0 Å². The molecule has 8 nitrogen and oxygen atoms in total. The Labute approximate surface area is 199 Å². The molecule has 176 valence electrons.